The van der Waals surface area contributed by atoms with Crippen LogP contribution >= 0.6 is 11.8 Å². The Kier molecular flexibility index (Phi) is 6.48. The summed E-state index contributed by atoms with van der Waals surface area (Å²) >= 11 is 1.91. The van der Waals surface area contributed by atoms with Gasteiger partial charge in [0, 0.05) is 29.4 Å². The number of rotatable bonds is 9. The first-order chi connectivity index (χ1) is 9.86. The largest absolute Gasteiger partial charge is 0.346 e. The van der Waals surface area contributed by atoms with Gasteiger partial charge in [-0.3, -0.25) is 0 Å². The average Bonchev–Trinajstić information content (AvgIpc) is 2.83. The molecule has 0 bridgehead atoms. The highest BCUT2D eigenvalue weighted by atomic mass is 32.2. The first kappa shape index (κ1) is 15.5. The number of hydrogen-bond donors (Lipinski definition) is 1. The van der Waals surface area contributed by atoms with Crippen LogP contribution in [0, 0.1) is 0 Å². The van der Waals surface area contributed by atoms with Gasteiger partial charge >= 0.3 is 0 Å². The number of thioether (sulfide) groups is 1. The van der Waals surface area contributed by atoms with Crippen LogP contribution in [0.15, 0.2) is 30.5 Å². The van der Waals surface area contributed by atoms with Crippen LogP contribution in [0.1, 0.15) is 25.3 Å². The smallest absolute Gasteiger partial charge is 0.0483 e. The van der Waals surface area contributed by atoms with Gasteiger partial charge in [0.15, 0.2) is 0 Å². The van der Waals surface area contributed by atoms with E-state index >= 15 is 0 Å². The Bertz CT molecular complexity index is 519. The van der Waals surface area contributed by atoms with Crippen molar-refractivity contribution in [3.8, 4) is 0 Å². The van der Waals surface area contributed by atoms with E-state index in [2.05, 4.69) is 53.5 Å². The van der Waals surface area contributed by atoms with Gasteiger partial charge in [0.05, 0.1) is 0 Å². The minimum Gasteiger partial charge on any atom is -0.346 e. The van der Waals surface area contributed by atoms with E-state index in [1.807, 2.05) is 11.8 Å². The zero-order valence-electron chi connectivity index (χ0n) is 12.7. The highest BCUT2D eigenvalue weighted by Crippen LogP contribution is 2.22. The van der Waals surface area contributed by atoms with Gasteiger partial charge in [-0.25, -0.2) is 0 Å². The molecule has 0 unspecified atom stereocenters. The van der Waals surface area contributed by atoms with E-state index in [-0.39, 0.29) is 0 Å². The van der Waals surface area contributed by atoms with Crippen LogP contribution in [-0.2, 0) is 13.0 Å². The van der Waals surface area contributed by atoms with Crippen LogP contribution in [0.5, 0.6) is 0 Å². The molecule has 1 N–H and O–H groups in total. The molecular formula is C17H26N2S. The van der Waals surface area contributed by atoms with Crippen molar-refractivity contribution in [1.82, 2.24) is 9.88 Å². The first-order valence-electron chi connectivity index (χ1n) is 7.63. The second kappa shape index (κ2) is 8.38. The van der Waals surface area contributed by atoms with Crippen LogP contribution in [0.2, 0.25) is 0 Å². The monoisotopic (exact) mass is 290 g/mol. The first-order valence-corrected chi connectivity index (χ1v) is 9.02. The number of nitrogens with zero attached hydrogens (tertiary/aromatic N) is 1. The lowest BCUT2D eigenvalue weighted by atomic mass is 10.1. The molecule has 0 aliphatic rings. The summed E-state index contributed by atoms with van der Waals surface area (Å²) in [6, 6.07) is 8.80. The van der Waals surface area contributed by atoms with Crippen LogP contribution in [0.4, 0.5) is 0 Å². The van der Waals surface area contributed by atoms with E-state index in [0.717, 1.165) is 19.6 Å². The summed E-state index contributed by atoms with van der Waals surface area (Å²) in [7, 11) is 0. The Hall–Kier alpha value is -0.930. The van der Waals surface area contributed by atoms with Crippen molar-refractivity contribution in [2.45, 2.75) is 32.7 Å². The molecule has 110 valence electrons. The van der Waals surface area contributed by atoms with E-state index in [0.29, 0.717) is 0 Å². The average molecular weight is 290 g/mol. The molecule has 0 saturated carbocycles. The SMILES string of the molecule is CCCNCCCc1cn(CCSC)c2ccccc12. The van der Waals surface area contributed by atoms with Crippen LogP contribution in [0.25, 0.3) is 10.9 Å². The fourth-order valence-electron chi connectivity index (χ4n) is 2.60. The van der Waals surface area contributed by atoms with Gasteiger partial charge in [0.1, 0.15) is 0 Å². The molecule has 3 heteroatoms. The fourth-order valence-corrected chi connectivity index (χ4v) is 2.98. The minimum absolute atomic E-state index is 1.11. The number of hydrogen-bond acceptors (Lipinski definition) is 2. The number of aryl methyl sites for hydroxylation is 2. The van der Waals surface area contributed by atoms with E-state index < -0.39 is 0 Å². The minimum atomic E-state index is 1.11. The lowest BCUT2D eigenvalue weighted by molar-refractivity contribution is 0.640. The molecule has 0 spiro atoms. The Labute approximate surface area is 126 Å². The van der Waals surface area contributed by atoms with Gasteiger partial charge in [-0.1, -0.05) is 25.1 Å². The summed E-state index contributed by atoms with van der Waals surface area (Å²) in [6.45, 7) is 5.58. The van der Waals surface area contributed by atoms with Gasteiger partial charge in [0.2, 0.25) is 0 Å². The molecule has 2 aromatic rings. The van der Waals surface area contributed by atoms with E-state index in [1.165, 1.54) is 41.5 Å². The third-order valence-corrected chi connectivity index (χ3v) is 4.22. The molecule has 0 saturated heterocycles. The lowest BCUT2D eigenvalue weighted by Crippen LogP contribution is -2.16. The Morgan fingerprint density at radius 1 is 1.20 bits per heavy atom. The van der Waals surface area contributed by atoms with Gasteiger partial charge < -0.3 is 9.88 Å². The maximum atomic E-state index is 3.48. The number of nitrogens with one attached hydrogen (secondary N) is 1. The molecule has 0 atom stereocenters. The highest BCUT2D eigenvalue weighted by molar-refractivity contribution is 7.98. The summed E-state index contributed by atoms with van der Waals surface area (Å²) in [5.74, 6) is 1.18. The summed E-state index contributed by atoms with van der Waals surface area (Å²) in [5.41, 5.74) is 2.89. The highest BCUT2D eigenvalue weighted by Gasteiger charge is 2.07. The predicted octanol–water partition coefficient (Wildman–Crippen LogP) is 3.94. The van der Waals surface area contributed by atoms with Crippen molar-refractivity contribution in [3.05, 3.63) is 36.0 Å². The third kappa shape index (κ3) is 4.03. The van der Waals surface area contributed by atoms with Crippen LogP contribution in [-0.4, -0.2) is 29.7 Å². The van der Waals surface area contributed by atoms with Crippen molar-refractivity contribution >= 4 is 22.7 Å². The zero-order valence-corrected chi connectivity index (χ0v) is 13.5. The normalized spacial score (nSPS) is 11.3. The number of para-hydroxylation sites is 1. The molecule has 20 heavy (non-hydrogen) atoms. The quantitative estimate of drug-likeness (QED) is 0.705. The van der Waals surface area contributed by atoms with E-state index in [4.69, 9.17) is 0 Å². The summed E-state index contributed by atoms with van der Waals surface area (Å²) in [6.07, 6.45) is 8.14. The maximum Gasteiger partial charge on any atom is 0.0483 e. The molecule has 2 nitrogen and oxygen atoms in total. The second-order valence-corrected chi connectivity index (χ2v) is 6.20. The van der Waals surface area contributed by atoms with E-state index in [9.17, 15) is 0 Å². The van der Waals surface area contributed by atoms with Gasteiger partial charge in [-0.2, -0.15) is 11.8 Å². The number of fused-ring (bicyclic) bond motifs is 1. The van der Waals surface area contributed by atoms with Crippen molar-refractivity contribution < 1.29 is 0 Å². The summed E-state index contributed by atoms with van der Waals surface area (Å²) in [5, 5.41) is 4.92. The molecule has 0 fully saturated rings. The predicted molar refractivity (Wildman–Crippen MR) is 91.8 cm³/mol. The number of aromatic nitrogens is 1. The molecule has 1 heterocycles. The second-order valence-electron chi connectivity index (χ2n) is 5.21. The molecule has 0 amide bonds. The molecular weight excluding hydrogens is 264 g/mol. The zero-order chi connectivity index (χ0) is 14.2. The van der Waals surface area contributed by atoms with Gasteiger partial charge in [0.25, 0.3) is 0 Å². The molecule has 0 aliphatic heterocycles. The maximum absolute atomic E-state index is 3.48. The standard InChI is InChI=1S/C17H26N2S/c1-3-10-18-11-6-7-15-14-19(12-13-20-2)17-9-5-4-8-16(15)17/h4-5,8-9,14,18H,3,6-7,10-13H2,1-2H3. The molecule has 0 radical (unpaired) electrons. The summed E-state index contributed by atoms with van der Waals surface area (Å²) in [4.78, 5) is 0. The van der Waals surface area contributed by atoms with Crippen molar-refractivity contribution in [2.24, 2.45) is 0 Å². The third-order valence-electron chi connectivity index (χ3n) is 3.63. The molecule has 1 aromatic carbocycles. The molecule has 2 rings (SSSR count). The van der Waals surface area contributed by atoms with Crippen LogP contribution in [0.3, 0.4) is 0 Å². The van der Waals surface area contributed by atoms with Crippen molar-refractivity contribution in [1.29, 1.82) is 0 Å². The fraction of sp³-hybridized carbons (Fsp3) is 0.529. The Balaban J connectivity index is 2.04. The van der Waals surface area contributed by atoms with Crippen molar-refractivity contribution in [3.63, 3.8) is 0 Å². The van der Waals surface area contributed by atoms with Gasteiger partial charge in [-0.05, 0) is 50.2 Å². The number of benzene rings is 1. The lowest BCUT2D eigenvalue weighted by Gasteiger charge is -2.02. The van der Waals surface area contributed by atoms with Crippen molar-refractivity contribution in [2.75, 3.05) is 25.1 Å². The van der Waals surface area contributed by atoms with E-state index in [1.54, 1.807) is 0 Å². The van der Waals surface area contributed by atoms with Gasteiger partial charge in [-0.15, -0.1) is 0 Å². The Morgan fingerprint density at radius 2 is 2.05 bits per heavy atom. The Morgan fingerprint density at radius 3 is 2.85 bits per heavy atom. The molecule has 1 aromatic heterocycles. The topological polar surface area (TPSA) is 17.0 Å². The molecule has 0 aliphatic carbocycles. The van der Waals surface area contributed by atoms with Crippen LogP contribution < -0.4 is 5.32 Å². The summed E-state index contributed by atoms with van der Waals surface area (Å²) < 4.78 is 2.42.